The Morgan fingerprint density at radius 1 is 0.983 bits per heavy atom. The van der Waals surface area contributed by atoms with E-state index < -0.39 is 11.8 Å². The second kappa shape index (κ2) is 16.5. The van der Waals surface area contributed by atoms with Gasteiger partial charge in [-0.3, -0.25) is 24.6 Å². The minimum absolute atomic E-state index is 0.0690. The van der Waals surface area contributed by atoms with Gasteiger partial charge in [-0.25, -0.2) is 14.8 Å². The molecule has 2 aromatic heterocycles. The molecule has 6 heterocycles. The number of carbonyl (C=O) groups is 4. The van der Waals surface area contributed by atoms with Crippen molar-refractivity contribution in [3.05, 3.63) is 70.7 Å². The summed E-state index contributed by atoms with van der Waals surface area (Å²) >= 11 is 0. The lowest BCUT2D eigenvalue weighted by atomic mass is 9.79. The largest absolute Gasteiger partial charge is 0.364 e. The molecule has 4 aromatic rings. The maximum absolute atomic E-state index is 12.7. The van der Waals surface area contributed by atoms with E-state index in [0.29, 0.717) is 60.6 Å². The average Bonchev–Trinajstić information content (AvgIpc) is 3.97. The first-order valence-corrected chi connectivity index (χ1v) is 21.9. The number of primary amides is 1. The van der Waals surface area contributed by atoms with Crippen molar-refractivity contribution in [2.75, 3.05) is 50.0 Å². The van der Waals surface area contributed by atoms with Crippen LogP contribution in [-0.4, -0.2) is 111 Å². The summed E-state index contributed by atoms with van der Waals surface area (Å²) in [5, 5.41) is 11.1. The number of hydrogen-bond donors (Lipinski definition) is 3. The molecule has 4 saturated heterocycles. The predicted octanol–water partition coefficient (Wildman–Crippen LogP) is 5.47. The molecule has 9 rings (SSSR count). The number of urea groups is 1. The van der Waals surface area contributed by atoms with Crippen LogP contribution in [0, 0.1) is 5.92 Å². The maximum Gasteiger partial charge on any atom is 0.320 e. The fourth-order valence-corrected chi connectivity index (χ4v) is 10.7. The molecular formula is C45H56N10O5. The van der Waals surface area contributed by atoms with E-state index in [2.05, 4.69) is 74.8 Å². The number of piperidine rings is 3. The summed E-state index contributed by atoms with van der Waals surface area (Å²) < 4.78 is 5.95. The Balaban J connectivity index is 0.855. The lowest BCUT2D eigenvalue weighted by Gasteiger charge is -2.46. The summed E-state index contributed by atoms with van der Waals surface area (Å²) in [6, 6.07) is 13.8. The van der Waals surface area contributed by atoms with Crippen molar-refractivity contribution in [3.63, 3.8) is 0 Å². The van der Waals surface area contributed by atoms with Crippen LogP contribution < -0.4 is 21.3 Å². The van der Waals surface area contributed by atoms with Gasteiger partial charge in [0, 0.05) is 74.9 Å². The number of fused-ring (bicyclic) bond motifs is 3. The number of nitrogens with zero attached hydrogens (tertiary/aromatic N) is 7. The number of hydrogen-bond acceptors (Lipinski definition) is 11. The van der Waals surface area contributed by atoms with Gasteiger partial charge in [0.05, 0.1) is 18.2 Å². The Morgan fingerprint density at radius 3 is 2.47 bits per heavy atom. The van der Waals surface area contributed by atoms with Gasteiger partial charge in [0.15, 0.2) is 17.1 Å². The molecule has 5 amide bonds. The second-order valence-electron chi connectivity index (χ2n) is 17.6. The Hall–Kier alpha value is -5.57. The molecule has 5 atom stereocenters. The number of imide groups is 1. The number of likely N-dealkylation sites (N-methyl/N-ethyl adjacent to an activating group) is 1. The van der Waals surface area contributed by atoms with Crippen LogP contribution in [0.2, 0.25) is 0 Å². The zero-order valence-corrected chi connectivity index (χ0v) is 34.9. The van der Waals surface area contributed by atoms with E-state index in [-0.39, 0.29) is 29.6 Å². The van der Waals surface area contributed by atoms with Crippen LogP contribution in [-0.2, 0) is 22.4 Å². The van der Waals surface area contributed by atoms with E-state index >= 15 is 0 Å². The van der Waals surface area contributed by atoms with Gasteiger partial charge in [-0.2, -0.15) is 0 Å². The summed E-state index contributed by atoms with van der Waals surface area (Å²) in [4.78, 5) is 67.6. The molecule has 1 aliphatic carbocycles. The second-order valence-corrected chi connectivity index (χ2v) is 17.6. The topological polar surface area (TPSA) is 183 Å². The first-order chi connectivity index (χ1) is 29.1. The molecule has 0 bridgehead atoms. The first-order valence-electron chi connectivity index (χ1n) is 21.9. The normalized spacial score (nSPS) is 26.2. The van der Waals surface area contributed by atoms with Crippen LogP contribution in [0.3, 0.4) is 0 Å². The summed E-state index contributed by atoms with van der Waals surface area (Å²) in [6.07, 6.45) is 10.4. The van der Waals surface area contributed by atoms with Crippen LogP contribution in [0.15, 0.2) is 47.1 Å². The monoisotopic (exact) mass is 816 g/mol. The molecule has 5 aliphatic rings. The molecular weight excluding hydrogens is 761 g/mol. The molecule has 0 saturated carbocycles. The van der Waals surface area contributed by atoms with E-state index in [1.165, 1.54) is 16.7 Å². The molecule has 15 heteroatoms. The number of likely N-dealkylation sites (tertiary alicyclic amines) is 1. The Bertz CT molecular complexity index is 2280. The summed E-state index contributed by atoms with van der Waals surface area (Å²) in [7, 11) is 1.84. The number of amides is 5. The fourth-order valence-electron chi connectivity index (χ4n) is 10.7. The highest BCUT2D eigenvalue weighted by Crippen LogP contribution is 2.42. The van der Waals surface area contributed by atoms with Crippen molar-refractivity contribution in [1.29, 1.82) is 0 Å². The number of benzene rings is 2. The van der Waals surface area contributed by atoms with E-state index in [0.717, 1.165) is 94.2 Å². The van der Waals surface area contributed by atoms with Crippen LogP contribution in [0.25, 0.3) is 11.0 Å². The summed E-state index contributed by atoms with van der Waals surface area (Å²) in [5.41, 5.74) is 11.9. The predicted molar refractivity (Wildman–Crippen MR) is 227 cm³/mol. The van der Waals surface area contributed by atoms with E-state index in [1.54, 1.807) is 11.1 Å². The maximum atomic E-state index is 12.7. The first kappa shape index (κ1) is 39.9. The molecule has 4 N–H and O–H groups in total. The number of rotatable bonds is 11. The molecule has 316 valence electrons. The smallest absolute Gasteiger partial charge is 0.320 e. The number of anilines is 3. The van der Waals surface area contributed by atoms with Gasteiger partial charge in [0.1, 0.15) is 11.5 Å². The number of nitrogens with two attached hydrogens (primary N) is 1. The van der Waals surface area contributed by atoms with Crippen molar-refractivity contribution in [1.82, 2.24) is 35.1 Å². The Labute approximate surface area is 350 Å². The molecule has 60 heavy (non-hydrogen) atoms. The number of nitrogens with one attached hydrogen (secondary N) is 2. The Kier molecular flexibility index (Phi) is 10.9. The third kappa shape index (κ3) is 7.56. The molecule has 2 aromatic carbocycles. The van der Waals surface area contributed by atoms with Gasteiger partial charge in [-0.05, 0) is 98.9 Å². The average molecular weight is 817 g/mol. The SMILES string of the molecule is CCC1CC(c2ccc(Nc3nc(N4CCCC(N5CCN(C)C5=O)C4)cnc3C(N)=O)cc2)CC(CC)N1CC1Cc2ccc3c(C4CCC(=O)NC4=O)noc3c2C1. The molecule has 5 unspecified atom stereocenters. The van der Waals surface area contributed by atoms with E-state index in [9.17, 15) is 19.2 Å². The number of carbonyl (C=O) groups excluding carboxylic acids is 4. The van der Waals surface area contributed by atoms with Crippen molar-refractivity contribution in [2.45, 2.75) is 108 Å². The third-order valence-electron chi connectivity index (χ3n) is 13.9. The van der Waals surface area contributed by atoms with Crippen molar-refractivity contribution >= 4 is 52.0 Å². The third-order valence-corrected chi connectivity index (χ3v) is 13.9. The zero-order chi connectivity index (χ0) is 41.7. The lowest BCUT2D eigenvalue weighted by Crippen LogP contribution is -2.50. The highest BCUT2D eigenvalue weighted by molar-refractivity contribution is 6.02. The fraction of sp³-hybridized carbons (Fsp3) is 0.533. The Morgan fingerprint density at radius 2 is 1.77 bits per heavy atom. The summed E-state index contributed by atoms with van der Waals surface area (Å²) in [6.45, 7) is 8.53. The van der Waals surface area contributed by atoms with E-state index in [4.69, 9.17) is 15.2 Å². The molecule has 4 aliphatic heterocycles. The van der Waals surface area contributed by atoms with Gasteiger partial charge in [-0.15, -0.1) is 0 Å². The minimum Gasteiger partial charge on any atom is -0.364 e. The molecule has 4 fully saturated rings. The highest BCUT2D eigenvalue weighted by atomic mass is 16.5. The number of aromatic nitrogens is 3. The van der Waals surface area contributed by atoms with Gasteiger partial charge in [-0.1, -0.05) is 37.2 Å². The van der Waals surface area contributed by atoms with Crippen LogP contribution in [0.4, 0.5) is 22.1 Å². The quantitative estimate of drug-likeness (QED) is 0.163. The van der Waals surface area contributed by atoms with Crippen molar-refractivity contribution < 1.29 is 23.7 Å². The van der Waals surface area contributed by atoms with Crippen molar-refractivity contribution in [3.8, 4) is 0 Å². The molecule has 0 radical (unpaired) electrons. The summed E-state index contributed by atoms with van der Waals surface area (Å²) in [5.74, 6) is 0.205. The standard InChI is InChI=1S/C45H56N10O5/c1-4-31-21-29(22-32(5-2)55(31)24-26-19-28-10-13-34-39(51-60-41(34)36(28)20-26)35-14-15-38(56)50-44(35)58)27-8-11-30(12-9-27)48-43-40(42(46)57)47-23-37(49-43)53-16-6-7-33(25-53)54-18-17-52(3)45(54)59/h8-13,23,26,29,31-33,35H,4-7,14-22,24-25H2,1-3H3,(H2,46,57)(H,48,49)(H,50,56,58). The van der Waals surface area contributed by atoms with Crippen LogP contribution >= 0.6 is 0 Å². The van der Waals surface area contributed by atoms with E-state index in [1.807, 2.05) is 18.0 Å². The van der Waals surface area contributed by atoms with Gasteiger partial charge < -0.3 is 30.3 Å². The van der Waals surface area contributed by atoms with Crippen LogP contribution in [0.1, 0.15) is 110 Å². The molecule has 0 spiro atoms. The van der Waals surface area contributed by atoms with Gasteiger partial charge in [0.25, 0.3) is 5.91 Å². The van der Waals surface area contributed by atoms with Crippen LogP contribution in [0.5, 0.6) is 0 Å². The highest BCUT2D eigenvalue weighted by Gasteiger charge is 2.39. The van der Waals surface area contributed by atoms with Crippen molar-refractivity contribution in [2.24, 2.45) is 11.7 Å². The minimum atomic E-state index is -0.648. The zero-order valence-electron chi connectivity index (χ0n) is 34.9. The lowest BCUT2D eigenvalue weighted by molar-refractivity contribution is -0.134. The molecule has 15 nitrogen and oxygen atoms in total. The van der Waals surface area contributed by atoms with Gasteiger partial charge in [0.2, 0.25) is 11.8 Å². The van der Waals surface area contributed by atoms with Gasteiger partial charge >= 0.3 is 6.03 Å².